The summed E-state index contributed by atoms with van der Waals surface area (Å²) in [6, 6.07) is 16.1. The predicted octanol–water partition coefficient (Wildman–Crippen LogP) is 4.49. The number of guanidine groups is 1. The predicted molar refractivity (Wildman–Crippen MR) is 122 cm³/mol. The molecular weight excluding hydrogens is 461 g/mol. The Balaban J connectivity index is 0.00000338. The van der Waals surface area contributed by atoms with Crippen molar-refractivity contribution in [1.82, 2.24) is 5.32 Å². The van der Waals surface area contributed by atoms with Crippen molar-refractivity contribution in [2.24, 2.45) is 4.99 Å². The number of aliphatic imine (C=N–C) groups is 1. The van der Waals surface area contributed by atoms with Gasteiger partial charge in [0.15, 0.2) is 17.5 Å². The number of hydrogen-bond acceptors (Lipinski definition) is 4. The summed E-state index contributed by atoms with van der Waals surface area (Å²) in [5.74, 6) is 2.09. The Bertz CT molecular complexity index is 698. The van der Waals surface area contributed by atoms with Crippen molar-refractivity contribution in [3.05, 3.63) is 48.5 Å². The van der Waals surface area contributed by atoms with Crippen molar-refractivity contribution in [2.45, 2.75) is 17.1 Å². The van der Waals surface area contributed by atoms with Gasteiger partial charge < -0.3 is 20.1 Å². The lowest BCUT2D eigenvalue weighted by atomic mass is 10.3. The highest BCUT2D eigenvalue weighted by molar-refractivity contribution is 14.0. The highest BCUT2D eigenvalue weighted by atomic mass is 127. The molecule has 0 aliphatic carbocycles. The molecule has 2 aromatic rings. The Labute approximate surface area is 177 Å². The smallest absolute Gasteiger partial charge is 0.195 e. The van der Waals surface area contributed by atoms with Crippen molar-refractivity contribution in [1.29, 1.82) is 0 Å². The number of rotatable bonds is 7. The number of hydrogen-bond donors (Lipinski definition) is 2. The summed E-state index contributed by atoms with van der Waals surface area (Å²) in [6.45, 7) is 2.99. The summed E-state index contributed by atoms with van der Waals surface area (Å²) < 4.78 is 10.6. The van der Waals surface area contributed by atoms with E-state index < -0.39 is 0 Å². The van der Waals surface area contributed by atoms with Crippen LogP contribution in [0.1, 0.15) is 6.92 Å². The minimum atomic E-state index is 0. The number of methoxy groups -OCH3 is 2. The second kappa shape index (κ2) is 11.9. The molecule has 0 amide bonds. The van der Waals surface area contributed by atoms with Crippen molar-refractivity contribution in [3.8, 4) is 11.5 Å². The molecule has 0 saturated carbocycles. The van der Waals surface area contributed by atoms with E-state index in [1.54, 1.807) is 21.3 Å². The fraction of sp³-hybridized carbons (Fsp3) is 0.316. The number of thioether (sulfide) groups is 1. The van der Waals surface area contributed by atoms with E-state index in [0.29, 0.717) is 22.7 Å². The van der Waals surface area contributed by atoms with Gasteiger partial charge in [-0.3, -0.25) is 4.99 Å². The van der Waals surface area contributed by atoms with Crippen molar-refractivity contribution in [3.63, 3.8) is 0 Å². The van der Waals surface area contributed by atoms with Crippen molar-refractivity contribution in [2.75, 3.05) is 33.1 Å². The Kier molecular flexibility index (Phi) is 10.3. The Hall–Kier alpha value is -1.61. The molecule has 2 N–H and O–H groups in total. The van der Waals surface area contributed by atoms with Crippen molar-refractivity contribution < 1.29 is 9.47 Å². The Morgan fingerprint density at radius 3 is 2.38 bits per heavy atom. The van der Waals surface area contributed by atoms with E-state index in [1.165, 1.54) is 4.90 Å². The minimum absolute atomic E-state index is 0. The molecule has 7 heteroatoms. The molecule has 0 heterocycles. The Morgan fingerprint density at radius 2 is 1.77 bits per heavy atom. The van der Waals surface area contributed by atoms with Gasteiger partial charge in [0.25, 0.3) is 0 Å². The molecule has 2 aromatic carbocycles. The van der Waals surface area contributed by atoms with Gasteiger partial charge in [-0.05, 0) is 24.3 Å². The zero-order valence-electron chi connectivity index (χ0n) is 15.5. The first-order chi connectivity index (χ1) is 12.2. The molecule has 1 unspecified atom stereocenters. The monoisotopic (exact) mass is 487 g/mol. The average Bonchev–Trinajstić information content (AvgIpc) is 2.65. The number of anilines is 1. The highest BCUT2D eigenvalue weighted by Crippen LogP contribution is 2.29. The molecule has 0 aliphatic heterocycles. The largest absolute Gasteiger partial charge is 0.493 e. The molecule has 2 rings (SSSR count). The van der Waals surface area contributed by atoms with Crippen LogP contribution in [0.2, 0.25) is 0 Å². The van der Waals surface area contributed by atoms with E-state index in [9.17, 15) is 0 Å². The van der Waals surface area contributed by atoms with Crippen LogP contribution in [0.15, 0.2) is 58.4 Å². The third-order valence-corrected chi connectivity index (χ3v) is 4.62. The maximum absolute atomic E-state index is 5.33. The molecule has 5 nitrogen and oxygen atoms in total. The highest BCUT2D eigenvalue weighted by Gasteiger charge is 2.08. The zero-order chi connectivity index (χ0) is 18.1. The van der Waals surface area contributed by atoms with E-state index in [-0.39, 0.29) is 24.0 Å². The lowest BCUT2D eigenvalue weighted by molar-refractivity contribution is 0.355. The summed E-state index contributed by atoms with van der Waals surface area (Å²) >= 11 is 1.83. The van der Waals surface area contributed by atoms with Gasteiger partial charge in [-0.1, -0.05) is 25.1 Å². The van der Waals surface area contributed by atoms with Crippen LogP contribution < -0.4 is 20.1 Å². The van der Waals surface area contributed by atoms with Crippen LogP contribution in [-0.4, -0.2) is 39.0 Å². The number of ether oxygens (including phenoxy) is 2. The molecule has 142 valence electrons. The maximum Gasteiger partial charge on any atom is 0.195 e. The van der Waals surface area contributed by atoms with Crippen molar-refractivity contribution >= 4 is 47.4 Å². The molecule has 0 radical (unpaired) electrons. The van der Waals surface area contributed by atoms with Gasteiger partial charge in [-0.25, -0.2) is 0 Å². The first-order valence-corrected chi connectivity index (χ1v) is 8.95. The quantitative estimate of drug-likeness (QED) is 0.261. The van der Waals surface area contributed by atoms with Crippen LogP contribution in [0.5, 0.6) is 11.5 Å². The van der Waals surface area contributed by atoms with E-state index in [2.05, 4.69) is 46.8 Å². The lowest BCUT2D eigenvalue weighted by Gasteiger charge is -2.16. The number of nitrogens with zero attached hydrogens (tertiary/aromatic N) is 1. The molecule has 26 heavy (non-hydrogen) atoms. The molecule has 0 saturated heterocycles. The normalized spacial score (nSPS) is 11.9. The van der Waals surface area contributed by atoms with Crippen LogP contribution in [0, 0.1) is 0 Å². The molecule has 0 spiro atoms. The first-order valence-electron chi connectivity index (χ1n) is 8.07. The molecule has 0 aromatic heterocycles. The molecule has 1 atom stereocenters. The average molecular weight is 487 g/mol. The summed E-state index contributed by atoms with van der Waals surface area (Å²) in [5, 5.41) is 7.03. The third kappa shape index (κ3) is 6.95. The summed E-state index contributed by atoms with van der Waals surface area (Å²) in [6.07, 6.45) is 0. The Morgan fingerprint density at radius 1 is 1.08 bits per heavy atom. The summed E-state index contributed by atoms with van der Waals surface area (Å²) in [5.41, 5.74) is 0.883. The molecule has 0 aliphatic rings. The topological polar surface area (TPSA) is 54.9 Å². The van der Waals surface area contributed by atoms with E-state index in [1.807, 2.05) is 36.0 Å². The van der Waals surface area contributed by atoms with Gasteiger partial charge in [0, 0.05) is 35.5 Å². The minimum Gasteiger partial charge on any atom is -0.493 e. The van der Waals surface area contributed by atoms with Gasteiger partial charge in [0.05, 0.1) is 14.2 Å². The van der Waals surface area contributed by atoms with Crippen LogP contribution in [0.3, 0.4) is 0 Å². The fourth-order valence-corrected chi connectivity index (χ4v) is 3.19. The number of nitrogens with one attached hydrogen (secondary N) is 2. The molecule has 0 bridgehead atoms. The van der Waals surface area contributed by atoms with Gasteiger partial charge in [0.1, 0.15) is 0 Å². The van der Waals surface area contributed by atoms with E-state index >= 15 is 0 Å². The molecular formula is C19H26IN3O2S. The van der Waals surface area contributed by atoms with Gasteiger partial charge in [0.2, 0.25) is 0 Å². The maximum atomic E-state index is 5.33. The second-order valence-corrected chi connectivity index (χ2v) is 6.90. The number of benzene rings is 2. The van der Waals surface area contributed by atoms with Gasteiger partial charge in [-0.2, -0.15) is 0 Å². The zero-order valence-corrected chi connectivity index (χ0v) is 18.6. The summed E-state index contributed by atoms with van der Waals surface area (Å²) in [7, 11) is 5.00. The third-order valence-electron chi connectivity index (χ3n) is 3.51. The van der Waals surface area contributed by atoms with E-state index in [0.717, 1.165) is 12.2 Å². The second-order valence-electron chi connectivity index (χ2n) is 5.39. The van der Waals surface area contributed by atoms with Crippen LogP contribution >= 0.6 is 35.7 Å². The van der Waals surface area contributed by atoms with Crippen LogP contribution in [0.25, 0.3) is 0 Å². The van der Waals surface area contributed by atoms with Gasteiger partial charge >= 0.3 is 0 Å². The van der Waals surface area contributed by atoms with Crippen LogP contribution in [0.4, 0.5) is 5.69 Å². The SMILES string of the molecule is CN=C(NCC(C)Sc1ccccc1)Nc1ccc(OC)c(OC)c1.I. The lowest BCUT2D eigenvalue weighted by Crippen LogP contribution is -2.34. The van der Waals surface area contributed by atoms with Gasteiger partial charge in [-0.15, -0.1) is 35.7 Å². The van der Waals surface area contributed by atoms with Crippen LogP contribution in [-0.2, 0) is 0 Å². The fourth-order valence-electron chi connectivity index (χ4n) is 2.24. The van der Waals surface area contributed by atoms with E-state index in [4.69, 9.17) is 9.47 Å². The molecule has 0 fully saturated rings. The standard InChI is InChI=1S/C19H25N3O2S.HI/c1-14(25-16-8-6-5-7-9-16)13-21-19(20-2)22-15-10-11-17(23-3)18(12-15)24-4;/h5-12,14H,13H2,1-4H3,(H2,20,21,22);1H. The first kappa shape index (κ1) is 22.4. The summed E-state index contributed by atoms with van der Waals surface area (Å²) in [4.78, 5) is 5.54. The number of halogens is 1.